The first kappa shape index (κ1) is 23.0. The van der Waals surface area contributed by atoms with E-state index in [1.807, 2.05) is 30.3 Å². The van der Waals surface area contributed by atoms with Crippen LogP contribution in [0.3, 0.4) is 0 Å². The molecule has 2 aliphatic heterocycles. The summed E-state index contributed by atoms with van der Waals surface area (Å²) in [4.78, 5) is 6.96. The third-order valence-corrected chi connectivity index (χ3v) is 9.18. The molecule has 1 fully saturated rings. The molecule has 8 heteroatoms. The molecule has 1 aromatic heterocycles. The lowest BCUT2D eigenvalue weighted by atomic mass is 9.93. The number of hydrogen-bond acceptors (Lipinski definition) is 6. The van der Waals surface area contributed by atoms with Crippen LogP contribution in [0.5, 0.6) is 11.5 Å². The van der Waals surface area contributed by atoms with Crippen LogP contribution >= 0.6 is 0 Å². The van der Waals surface area contributed by atoms with E-state index in [2.05, 4.69) is 28.1 Å². The molecular weight excluding hydrogens is 474 g/mol. The van der Waals surface area contributed by atoms with Crippen LogP contribution < -0.4 is 9.47 Å². The normalized spacial score (nSPS) is 20.2. The largest absolute Gasteiger partial charge is 0.497 e. The van der Waals surface area contributed by atoms with Gasteiger partial charge in [0.1, 0.15) is 23.2 Å². The number of pyridine rings is 1. The highest BCUT2D eigenvalue weighted by atomic mass is 32.2. The van der Waals surface area contributed by atoms with Crippen molar-refractivity contribution in [1.29, 1.82) is 0 Å². The second-order valence-corrected chi connectivity index (χ2v) is 10.9. The van der Waals surface area contributed by atoms with Crippen LogP contribution in [-0.4, -0.2) is 49.9 Å². The zero-order valence-electron chi connectivity index (χ0n) is 20.2. The van der Waals surface area contributed by atoms with Crippen molar-refractivity contribution in [3.8, 4) is 11.5 Å². The fraction of sp³-hybridized carbons (Fsp3) is 0.250. The fourth-order valence-corrected chi connectivity index (χ4v) is 7.38. The number of rotatable bonds is 5. The van der Waals surface area contributed by atoms with Gasteiger partial charge in [-0.1, -0.05) is 36.4 Å². The van der Waals surface area contributed by atoms with Crippen molar-refractivity contribution < 1.29 is 17.9 Å². The van der Waals surface area contributed by atoms with Crippen molar-refractivity contribution in [3.63, 3.8) is 0 Å². The van der Waals surface area contributed by atoms with Gasteiger partial charge in [0.15, 0.2) is 0 Å². The summed E-state index contributed by atoms with van der Waals surface area (Å²) in [7, 11) is -0.710. The zero-order valence-corrected chi connectivity index (χ0v) is 21.0. The van der Waals surface area contributed by atoms with E-state index in [4.69, 9.17) is 9.47 Å². The molecule has 0 radical (unpaired) electrons. The summed E-state index contributed by atoms with van der Waals surface area (Å²) in [5, 5.41) is 0.551. The van der Waals surface area contributed by atoms with Gasteiger partial charge in [-0.05, 0) is 59.5 Å². The molecule has 0 aliphatic carbocycles. The molecule has 0 bridgehead atoms. The fourth-order valence-electron chi connectivity index (χ4n) is 5.60. The highest BCUT2D eigenvalue weighted by Gasteiger charge is 2.48. The summed E-state index contributed by atoms with van der Waals surface area (Å²) in [5.41, 5.74) is 3.92. The second-order valence-electron chi connectivity index (χ2n) is 9.09. The van der Waals surface area contributed by atoms with E-state index in [0.29, 0.717) is 23.2 Å². The molecule has 4 aromatic rings. The predicted octanol–water partition coefficient (Wildman–Crippen LogP) is 4.55. The number of methoxy groups -OCH3 is 2. The van der Waals surface area contributed by atoms with E-state index < -0.39 is 16.2 Å². The Hall–Kier alpha value is -3.46. The number of benzene rings is 3. The van der Waals surface area contributed by atoms with Crippen molar-refractivity contribution in [1.82, 2.24) is 14.2 Å². The van der Waals surface area contributed by atoms with Crippen LogP contribution in [0.25, 0.3) is 10.9 Å². The van der Waals surface area contributed by atoms with Gasteiger partial charge in [0, 0.05) is 24.7 Å². The van der Waals surface area contributed by atoms with Crippen LogP contribution in [0.2, 0.25) is 0 Å². The minimum atomic E-state index is -3.90. The molecule has 0 unspecified atom stereocenters. The van der Waals surface area contributed by atoms with Gasteiger partial charge in [0.25, 0.3) is 0 Å². The minimum Gasteiger partial charge on any atom is -0.497 e. The maximum absolute atomic E-state index is 14.4. The Morgan fingerprint density at radius 1 is 0.917 bits per heavy atom. The van der Waals surface area contributed by atoms with E-state index in [1.54, 1.807) is 49.0 Å². The topological polar surface area (TPSA) is 72.0 Å². The highest BCUT2D eigenvalue weighted by Crippen LogP contribution is 2.47. The summed E-state index contributed by atoms with van der Waals surface area (Å²) in [6.45, 7) is 1.14. The number of sulfonamides is 1. The van der Waals surface area contributed by atoms with Gasteiger partial charge in [-0.25, -0.2) is 8.42 Å². The van der Waals surface area contributed by atoms with E-state index >= 15 is 0 Å². The van der Waals surface area contributed by atoms with Gasteiger partial charge < -0.3 is 9.47 Å². The summed E-state index contributed by atoms with van der Waals surface area (Å²) in [6.07, 6.45) is 2.09. The average Bonchev–Trinajstić information content (AvgIpc) is 3.33. The van der Waals surface area contributed by atoms with Gasteiger partial charge in [0.05, 0.1) is 25.2 Å². The summed E-state index contributed by atoms with van der Waals surface area (Å²) < 4.78 is 41.3. The van der Waals surface area contributed by atoms with Gasteiger partial charge in [-0.15, -0.1) is 0 Å². The third kappa shape index (κ3) is 3.56. The molecule has 3 aromatic carbocycles. The van der Waals surface area contributed by atoms with Gasteiger partial charge >= 0.3 is 0 Å². The lowest BCUT2D eigenvalue weighted by molar-refractivity contribution is 0.154. The van der Waals surface area contributed by atoms with Gasteiger partial charge in [-0.2, -0.15) is 4.31 Å². The summed E-state index contributed by atoms with van der Waals surface area (Å²) in [5.74, 6) is 1.28. The van der Waals surface area contributed by atoms with Crippen LogP contribution in [-0.2, 0) is 16.4 Å². The maximum Gasteiger partial charge on any atom is 0.245 e. The first-order chi connectivity index (χ1) is 17.5. The molecule has 2 atom stereocenters. The molecule has 36 heavy (non-hydrogen) atoms. The van der Waals surface area contributed by atoms with E-state index in [-0.39, 0.29) is 10.9 Å². The second kappa shape index (κ2) is 8.89. The van der Waals surface area contributed by atoms with Crippen molar-refractivity contribution in [3.05, 3.63) is 95.7 Å². The Labute approximate surface area is 210 Å². The van der Waals surface area contributed by atoms with E-state index in [9.17, 15) is 8.42 Å². The Morgan fingerprint density at radius 2 is 1.72 bits per heavy atom. The molecular formula is C28H27N3O4S. The summed E-state index contributed by atoms with van der Waals surface area (Å²) in [6, 6.07) is 22.9. The summed E-state index contributed by atoms with van der Waals surface area (Å²) >= 11 is 0. The molecule has 0 amide bonds. The van der Waals surface area contributed by atoms with Crippen molar-refractivity contribution in [2.75, 3.05) is 27.3 Å². The van der Waals surface area contributed by atoms with Crippen LogP contribution in [0.1, 0.15) is 28.9 Å². The van der Waals surface area contributed by atoms with E-state index in [1.165, 1.54) is 11.1 Å². The molecule has 0 spiro atoms. The Morgan fingerprint density at radius 3 is 2.50 bits per heavy atom. The van der Waals surface area contributed by atoms with Crippen LogP contribution in [0.15, 0.2) is 83.9 Å². The molecule has 3 heterocycles. The molecule has 184 valence electrons. The SMILES string of the molecule is COc1ccc([C@H]2N3CCc4ccccc4[C@H]3CN2S(=O)(=O)c2ccc(OC)c3ncccc23)cc1. The molecule has 7 nitrogen and oxygen atoms in total. The van der Waals surface area contributed by atoms with Gasteiger partial charge in [0.2, 0.25) is 10.0 Å². The number of nitrogens with zero attached hydrogens (tertiary/aromatic N) is 3. The minimum absolute atomic E-state index is 0.0283. The predicted molar refractivity (Wildman–Crippen MR) is 138 cm³/mol. The first-order valence-electron chi connectivity index (χ1n) is 11.9. The zero-order chi connectivity index (χ0) is 24.9. The first-order valence-corrected chi connectivity index (χ1v) is 13.4. The molecule has 2 aliphatic rings. The monoisotopic (exact) mass is 501 g/mol. The number of ether oxygens (including phenoxy) is 2. The van der Waals surface area contributed by atoms with Crippen LogP contribution in [0.4, 0.5) is 0 Å². The van der Waals surface area contributed by atoms with Gasteiger partial charge in [-0.3, -0.25) is 9.88 Å². The number of aromatic nitrogens is 1. The van der Waals surface area contributed by atoms with Crippen molar-refractivity contribution >= 4 is 20.9 Å². The quantitative estimate of drug-likeness (QED) is 0.399. The third-order valence-electron chi connectivity index (χ3n) is 7.31. The number of hydrogen-bond donors (Lipinski definition) is 0. The lowest BCUT2D eigenvalue weighted by Crippen LogP contribution is -2.37. The molecule has 6 rings (SSSR count). The molecule has 0 saturated carbocycles. The Bertz CT molecular complexity index is 1540. The standard InChI is InChI=1S/C28H27N3O4S/c1-34-21-11-9-20(10-12-21)28-30-17-15-19-6-3-4-7-22(19)24(30)18-31(28)36(32,33)26-14-13-25(35-2)27-23(26)8-5-16-29-27/h3-14,16,24,28H,15,17-18H2,1-2H3/t24-,28+/m1/s1. The smallest absolute Gasteiger partial charge is 0.245 e. The Balaban J connectivity index is 1.51. The molecule has 1 saturated heterocycles. The molecule has 0 N–H and O–H groups in total. The lowest BCUT2D eigenvalue weighted by Gasteiger charge is -2.35. The van der Waals surface area contributed by atoms with Crippen molar-refractivity contribution in [2.45, 2.75) is 23.5 Å². The highest BCUT2D eigenvalue weighted by molar-refractivity contribution is 7.89. The van der Waals surface area contributed by atoms with Crippen LogP contribution in [0, 0.1) is 0 Å². The number of fused-ring (bicyclic) bond motifs is 4. The van der Waals surface area contributed by atoms with E-state index in [0.717, 1.165) is 24.3 Å². The maximum atomic E-state index is 14.4. The average molecular weight is 502 g/mol. The Kier molecular flexibility index (Phi) is 5.67. The van der Waals surface area contributed by atoms with Crippen molar-refractivity contribution in [2.24, 2.45) is 0 Å².